The van der Waals surface area contributed by atoms with E-state index in [1.807, 2.05) is 29.8 Å². The molecule has 0 amide bonds. The normalized spacial score (nSPS) is 13.2. The first kappa shape index (κ1) is 10.3. The highest BCUT2D eigenvalue weighted by molar-refractivity contribution is 5.09. The Bertz CT molecular complexity index is 243. The van der Waals surface area contributed by atoms with Crippen molar-refractivity contribution in [3.05, 3.63) is 24.0 Å². The SMILES string of the molecule is CCOCCn1cccc1C(C)O. The first-order valence-electron chi connectivity index (χ1n) is 4.66. The summed E-state index contributed by atoms with van der Waals surface area (Å²) in [6.07, 6.45) is 1.55. The van der Waals surface area contributed by atoms with Gasteiger partial charge in [0.25, 0.3) is 0 Å². The summed E-state index contributed by atoms with van der Waals surface area (Å²) in [6.45, 7) is 6.00. The van der Waals surface area contributed by atoms with E-state index in [0.717, 1.165) is 18.8 Å². The van der Waals surface area contributed by atoms with Gasteiger partial charge in [-0.1, -0.05) is 0 Å². The fourth-order valence-electron chi connectivity index (χ4n) is 1.32. The zero-order chi connectivity index (χ0) is 9.68. The van der Waals surface area contributed by atoms with E-state index in [9.17, 15) is 5.11 Å². The first-order valence-corrected chi connectivity index (χ1v) is 4.66. The molecule has 3 nitrogen and oxygen atoms in total. The molecule has 3 heteroatoms. The molecule has 0 saturated heterocycles. The predicted octanol–water partition coefficient (Wildman–Crippen LogP) is 1.58. The van der Waals surface area contributed by atoms with Crippen LogP contribution in [-0.4, -0.2) is 22.9 Å². The summed E-state index contributed by atoms with van der Waals surface area (Å²) in [7, 11) is 0. The zero-order valence-corrected chi connectivity index (χ0v) is 8.23. The lowest BCUT2D eigenvalue weighted by Crippen LogP contribution is -2.09. The number of nitrogens with zero attached hydrogens (tertiary/aromatic N) is 1. The second kappa shape index (κ2) is 5.04. The van der Waals surface area contributed by atoms with E-state index in [0.29, 0.717) is 6.61 Å². The molecule has 1 N–H and O–H groups in total. The molecule has 0 aliphatic carbocycles. The van der Waals surface area contributed by atoms with Crippen LogP contribution >= 0.6 is 0 Å². The first-order chi connectivity index (χ1) is 6.25. The minimum atomic E-state index is -0.406. The van der Waals surface area contributed by atoms with Crippen LogP contribution in [0.2, 0.25) is 0 Å². The van der Waals surface area contributed by atoms with Gasteiger partial charge >= 0.3 is 0 Å². The van der Waals surface area contributed by atoms with Crippen LogP contribution in [0.25, 0.3) is 0 Å². The third kappa shape index (κ3) is 2.86. The number of rotatable bonds is 5. The van der Waals surface area contributed by atoms with Crippen LogP contribution in [-0.2, 0) is 11.3 Å². The number of aromatic nitrogens is 1. The van der Waals surface area contributed by atoms with Crippen molar-refractivity contribution in [3.63, 3.8) is 0 Å². The van der Waals surface area contributed by atoms with Crippen molar-refractivity contribution in [2.24, 2.45) is 0 Å². The number of ether oxygens (including phenoxy) is 1. The molecule has 0 bridgehead atoms. The van der Waals surface area contributed by atoms with Gasteiger partial charge < -0.3 is 14.4 Å². The zero-order valence-electron chi connectivity index (χ0n) is 8.23. The molecule has 0 aliphatic rings. The van der Waals surface area contributed by atoms with Gasteiger partial charge in [0.15, 0.2) is 0 Å². The number of aliphatic hydroxyl groups is 1. The molecule has 1 aromatic rings. The molecule has 0 spiro atoms. The van der Waals surface area contributed by atoms with Crippen molar-refractivity contribution in [2.75, 3.05) is 13.2 Å². The van der Waals surface area contributed by atoms with Crippen molar-refractivity contribution < 1.29 is 9.84 Å². The molecular formula is C10H17NO2. The molecular weight excluding hydrogens is 166 g/mol. The molecule has 1 atom stereocenters. The monoisotopic (exact) mass is 183 g/mol. The topological polar surface area (TPSA) is 34.4 Å². The minimum Gasteiger partial charge on any atom is -0.387 e. The highest BCUT2D eigenvalue weighted by Crippen LogP contribution is 2.12. The Balaban J connectivity index is 2.50. The van der Waals surface area contributed by atoms with Gasteiger partial charge in [-0.25, -0.2) is 0 Å². The van der Waals surface area contributed by atoms with Crippen LogP contribution in [0.5, 0.6) is 0 Å². The van der Waals surface area contributed by atoms with Crippen LogP contribution in [0, 0.1) is 0 Å². The Morgan fingerprint density at radius 2 is 2.38 bits per heavy atom. The predicted molar refractivity (Wildman–Crippen MR) is 51.6 cm³/mol. The smallest absolute Gasteiger partial charge is 0.0911 e. The molecule has 1 heterocycles. The Kier molecular flexibility index (Phi) is 3.99. The Morgan fingerprint density at radius 1 is 1.62 bits per heavy atom. The maximum Gasteiger partial charge on any atom is 0.0911 e. The Morgan fingerprint density at radius 3 is 3.00 bits per heavy atom. The van der Waals surface area contributed by atoms with Crippen LogP contribution in [0.4, 0.5) is 0 Å². The standard InChI is InChI=1S/C10H17NO2/c1-3-13-8-7-11-6-4-5-10(11)9(2)12/h4-6,9,12H,3,7-8H2,1-2H3. The summed E-state index contributed by atoms with van der Waals surface area (Å²) in [5.74, 6) is 0. The van der Waals surface area contributed by atoms with Gasteiger partial charge in [-0.2, -0.15) is 0 Å². The van der Waals surface area contributed by atoms with Crippen molar-refractivity contribution in [1.29, 1.82) is 0 Å². The lowest BCUT2D eigenvalue weighted by Gasteiger charge is -2.10. The maximum atomic E-state index is 9.39. The lowest BCUT2D eigenvalue weighted by molar-refractivity contribution is 0.134. The molecule has 0 fully saturated rings. The summed E-state index contributed by atoms with van der Waals surface area (Å²) < 4.78 is 7.25. The fourth-order valence-corrected chi connectivity index (χ4v) is 1.32. The van der Waals surface area contributed by atoms with Gasteiger partial charge in [-0.3, -0.25) is 0 Å². The van der Waals surface area contributed by atoms with E-state index in [1.54, 1.807) is 6.92 Å². The van der Waals surface area contributed by atoms with Crippen LogP contribution in [0.3, 0.4) is 0 Å². The van der Waals surface area contributed by atoms with E-state index >= 15 is 0 Å². The van der Waals surface area contributed by atoms with E-state index in [1.165, 1.54) is 0 Å². The van der Waals surface area contributed by atoms with Crippen molar-refractivity contribution in [3.8, 4) is 0 Å². The van der Waals surface area contributed by atoms with Gasteiger partial charge in [-0.05, 0) is 26.0 Å². The highest BCUT2D eigenvalue weighted by Gasteiger charge is 2.05. The summed E-state index contributed by atoms with van der Waals surface area (Å²) >= 11 is 0. The van der Waals surface area contributed by atoms with E-state index < -0.39 is 6.10 Å². The van der Waals surface area contributed by atoms with Crippen molar-refractivity contribution in [2.45, 2.75) is 26.5 Å². The van der Waals surface area contributed by atoms with E-state index in [-0.39, 0.29) is 0 Å². The number of hydrogen-bond donors (Lipinski definition) is 1. The number of hydrogen-bond acceptors (Lipinski definition) is 2. The fraction of sp³-hybridized carbons (Fsp3) is 0.600. The van der Waals surface area contributed by atoms with Crippen molar-refractivity contribution in [1.82, 2.24) is 4.57 Å². The molecule has 1 rings (SSSR count). The van der Waals surface area contributed by atoms with Gasteiger partial charge in [-0.15, -0.1) is 0 Å². The third-order valence-corrected chi connectivity index (χ3v) is 1.97. The van der Waals surface area contributed by atoms with Crippen LogP contribution < -0.4 is 0 Å². The molecule has 13 heavy (non-hydrogen) atoms. The van der Waals surface area contributed by atoms with Gasteiger partial charge in [0.05, 0.1) is 12.7 Å². The lowest BCUT2D eigenvalue weighted by atomic mass is 10.3. The Hall–Kier alpha value is -0.800. The van der Waals surface area contributed by atoms with E-state index in [4.69, 9.17) is 4.74 Å². The van der Waals surface area contributed by atoms with Crippen molar-refractivity contribution >= 4 is 0 Å². The summed E-state index contributed by atoms with van der Waals surface area (Å²) in [5, 5.41) is 9.39. The van der Waals surface area contributed by atoms with Crippen LogP contribution in [0.15, 0.2) is 18.3 Å². The molecule has 0 saturated carbocycles. The number of aliphatic hydroxyl groups excluding tert-OH is 1. The molecule has 0 aromatic carbocycles. The van der Waals surface area contributed by atoms with Crippen LogP contribution in [0.1, 0.15) is 25.6 Å². The van der Waals surface area contributed by atoms with Gasteiger partial charge in [0.1, 0.15) is 0 Å². The minimum absolute atomic E-state index is 0.406. The maximum absolute atomic E-state index is 9.39. The average Bonchev–Trinajstić information content (AvgIpc) is 2.53. The average molecular weight is 183 g/mol. The summed E-state index contributed by atoms with van der Waals surface area (Å²) in [5.41, 5.74) is 0.944. The van der Waals surface area contributed by atoms with Gasteiger partial charge in [0.2, 0.25) is 0 Å². The second-order valence-corrected chi connectivity index (χ2v) is 3.00. The Labute approximate surface area is 78.9 Å². The third-order valence-electron chi connectivity index (χ3n) is 1.97. The highest BCUT2D eigenvalue weighted by atomic mass is 16.5. The molecule has 74 valence electrons. The largest absolute Gasteiger partial charge is 0.387 e. The summed E-state index contributed by atoms with van der Waals surface area (Å²) in [4.78, 5) is 0. The van der Waals surface area contributed by atoms with E-state index in [2.05, 4.69) is 0 Å². The molecule has 1 unspecified atom stereocenters. The second-order valence-electron chi connectivity index (χ2n) is 3.00. The molecule has 1 aromatic heterocycles. The molecule has 0 aliphatic heterocycles. The summed E-state index contributed by atoms with van der Waals surface area (Å²) in [6, 6.07) is 3.87. The quantitative estimate of drug-likeness (QED) is 0.703. The molecule has 0 radical (unpaired) electrons. The van der Waals surface area contributed by atoms with Gasteiger partial charge in [0, 0.05) is 25.0 Å².